The number of carbonyl (C=O) groups excluding carboxylic acids is 1. The Balaban J connectivity index is 0.000000770. The number of ether oxygens (including phenoxy) is 1. The van der Waals surface area contributed by atoms with Crippen molar-refractivity contribution in [1.82, 2.24) is 0 Å². The van der Waals surface area contributed by atoms with Crippen LogP contribution in [0.5, 0.6) is 5.75 Å². The van der Waals surface area contributed by atoms with E-state index >= 15 is 0 Å². The second-order valence-corrected chi connectivity index (χ2v) is 3.09. The fourth-order valence-corrected chi connectivity index (χ4v) is 0.943. The van der Waals surface area contributed by atoms with E-state index in [9.17, 15) is 9.59 Å². The van der Waals surface area contributed by atoms with Gasteiger partial charge in [0.15, 0.2) is 0 Å². The van der Waals surface area contributed by atoms with Gasteiger partial charge in [0.1, 0.15) is 23.2 Å². The maximum atomic E-state index is 11.0. The molecule has 0 aliphatic heterocycles. The molecule has 0 saturated carbocycles. The normalized spacial score (nSPS) is 8.65. The van der Waals surface area contributed by atoms with E-state index < -0.39 is 12.1 Å². The first kappa shape index (κ1) is 15.2. The summed E-state index contributed by atoms with van der Waals surface area (Å²) in [6, 6.07) is 5.70. The van der Waals surface area contributed by atoms with Gasteiger partial charge in [-0.05, 0) is 12.1 Å². The van der Waals surface area contributed by atoms with E-state index in [1.807, 2.05) is 0 Å². The first-order valence-corrected chi connectivity index (χ1v) is 5.20. The van der Waals surface area contributed by atoms with E-state index in [-0.39, 0.29) is 11.3 Å². The number of para-hydroxylation sites is 1. The molecule has 0 aliphatic rings. The van der Waals surface area contributed by atoms with E-state index in [4.69, 9.17) is 17.0 Å². The first-order valence-electron chi connectivity index (χ1n) is 4.89. The second-order valence-electron chi connectivity index (χ2n) is 2.94. The van der Waals surface area contributed by atoms with E-state index in [2.05, 4.69) is 22.9 Å². The smallest absolute Gasteiger partial charge is 0.449 e. The fraction of sp³-hybridized carbons (Fsp3) is 0.273. The van der Waals surface area contributed by atoms with Crippen molar-refractivity contribution in [2.24, 2.45) is 0 Å². The van der Waals surface area contributed by atoms with Crippen LogP contribution < -0.4 is 4.74 Å². The minimum absolute atomic E-state index is 0.0510. The van der Waals surface area contributed by atoms with Crippen molar-refractivity contribution >= 4 is 24.0 Å². The molecule has 0 aliphatic carbocycles. The lowest BCUT2D eigenvalue weighted by Crippen LogP contribution is -2.08. The molecule has 0 unspecified atom stereocenters. The summed E-state index contributed by atoms with van der Waals surface area (Å²) in [6.07, 6.45) is -0.264. The van der Waals surface area contributed by atoms with Crippen LogP contribution in [0.3, 0.4) is 0 Å². The van der Waals surface area contributed by atoms with Gasteiger partial charge in [-0.1, -0.05) is 32.4 Å². The Kier molecular flexibility index (Phi) is 7.54. The van der Waals surface area contributed by atoms with Crippen LogP contribution in [-0.4, -0.2) is 17.2 Å². The summed E-state index contributed by atoms with van der Waals surface area (Å²) in [4.78, 5) is 21.2. The molecule has 0 heterocycles. The molecule has 6 heteroatoms. The third-order valence-corrected chi connectivity index (χ3v) is 1.51. The summed E-state index contributed by atoms with van der Waals surface area (Å²) >= 11 is 4.84. The van der Waals surface area contributed by atoms with E-state index in [0.717, 1.165) is 0 Å². The van der Waals surface area contributed by atoms with Gasteiger partial charge in [0, 0.05) is 0 Å². The summed E-state index contributed by atoms with van der Waals surface area (Å²) in [5.74, 6) is -0.992. The minimum Gasteiger partial charge on any atom is -0.449 e. The van der Waals surface area contributed by atoms with Gasteiger partial charge in [-0.25, -0.2) is 9.59 Å². The molecular formula is C11H13ClO5. The molecule has 94 valence electrons. The Labute approximate surface area is 104 Å². The average Bonchev–Trinajstić information content (AvgIpc) is 2.29. The van der Waals surface area contributed by atoms with Crippen LogP contribution in [0.4, 0.5) is 4.79 Å². The lowest BCUT2D eigenvalue weighted by molar-refractivity contribution is 0.0747. The third kappa shape index (κ3) is 5.77. The molecule has 0 radical (unpaired) electrons. The van der Waals surface area contributed by atoms with Crippen molar-refractivity contribution in [2.45, 2.75) is 20.3 Å². The van der Waals surface area contributed by atoms with Gasteiger partial charge in [0.2, 0.25) is 0 Å². The van der Waals surface area contributed by atoms with Crippen LogP contribution in [0.1, 0.15) is 30.6 Å². The van der Waals surface area contributed by atoms with E-state index in [0.29, 0.717) is 0 Å². The lowest BCUT2D eigenvalue weighted by atomic mass is 10.2. The highest BCUT2D eigenvalue weighted by molar-refractivity contribution is 6.16. The Morgan fingerprint density at radius 2 is 1.82 bits per heavy atom. The molecule has 5 nitrogen and oxygen atoms in total. The monoisotopic (exact) mass is 260 g/mol. The van der Waals surface area contributed by atoms with Crippen molar-refractivity contribution in [3.8, 4) is 5.75 Å². The van der Waals surface area contributed by atoms with Gasteiger partial charge in [0.25, 0.3) is 0 Å². The first-order chi connectivity index (χ1) is 8.06. The van der Waals surface area contributed by atoms with Gasteiger partial charge in [0.05, 0.1) is 0 Å². The zero-order valence-corrected chi connectivity index (χ0v) is 10.2. The fourth-order valence-electron chi connectivity index (χ4n) is 0.860. The van der Waals surface area contributed by atoms with Gasteiger partial charge < -0.3 is 14.1 Å². The van der Waals surface area contributed by atoms with Crippen molar-refractivity contribution in [3.05, 3.63) is 29.8 Å². The topological polar surface area (TPSA) is 72.8 Å². The zero-order chi connectivity index (χ0) is 13.3. The quantitative estimate of drug-likeness (QED) is 0.651. The number of benzene rings is 1. The van der Waals surface area contributed by atoms with Crippen LogP contribution in [0.2, 0.25) is 0 Å². The highest BCUT2D eigenvalue weighted by atomic mass is 35.5. The highest BCUT2D eigenvalue weighted by Crippen LogP contribution is 2.19. The van der Waals surface area contributed by atoms with Crippen molar-refractivity contribution in [3.63, 3.8) is 0 Å². The zero-order valence-electron chi connectivity index (χ0n) is 9.47. The molecule has 0 atom stereocenters. The Morgan fingerprint density at radius 1 is 1.29 bits per heavy atom. The number of carboxylic acid groups (broad SMARTS) is 1. The van der Waals surface area contributed by atoms with E-state index in [1.165, 1.54) is 30.7 Å². The lowest BCUT2D eigenvalue weighted by Gasteiger charge is -2.03. The molecule has 17 heavy (non-hydrogen) atoms. The van der Waals surface area contributed by atoms with Gasteiger partial charge >= 0.3 is 12.1 Å². The predicted molar refractivity (Wildman–Crippen MR) is 62.3 cm³/mol. The number of hydrogen-bond donors (Lipinski definition) is 1. The molecule has 0 fully saturated rings. The van der Waals surface area contributed by atoms with Gasteiger partial charge in [-0.3, -0.25) is 0 Å². The minimum atomic E-state index is -1.51. The summed E-state index contributed by atoms with van der Waals surface area (Å²) in [6.45, 7) is 4.25. The van der Waals surface area contributed by atoms with Crippen LogP contribution in [0.15, 0.2) is 24.3 Å². The SMILES string of the molecule is CCC.O=C(O)Oc1ccccc1C(=O)OCl. The van der Waals surface area contributed by atoms with Crippen LogP contribution >= 0.6 is 11.9 Å². The van der Waals surface area contributed by atoms with Gasteiger partial charge in [-0.2, -0.15) is 0 Å². The third-order valence-electron chi connectivity index (χ3n) is 1.37. The Hall–Kier alpha value is -1.75. The number of carbonyl (C=O) groups is 2. The molecule has 1 aromatic rings. The molecular weight excluding hydrogens is 248 g/mol. The Bertz CT molecular complexity index is 378. The van der Waals surface area contributed by atoms with E-state index in [1.54, 1.807) is 0 Å². The second kappa shape index (κ2) is 8.41. The van der Waals surface area contributed by atoms with Crippen molar-refractivity contribution in [1.29, 1.82) is 0 Å². The molecule has 0 saturated heterocycles. The standard InChI is InChI=1S/C8H5ClO5.C3H8/c9-14-7(10)5-3-1-2-4-6(5)13-8(11)12;1-3-2/h1-4H,(H,11,12);3H2,1-2H3. The van der Waals surface area contributed by atoms with Gasteiger partial charge in [-0.15, -0.1) is 0 Å². The molecule has 1 N–H and O–H groups in total. The average molecular weight is 261 g/mol. The van der Waals surface area contributed by atoms with Crippen molar-refractivity contribution in [2.75, 3.05) is 0 Å². The molecule has 1 aromatic carbocycles. The predicted octanol–water partition coefficient (Wildman–Crippen LogP) is 3.47. The van der Waals surface area contributed by atoms with Crippen molar-refractivity contribution < 1.29 is 23.7 Å². The largest absolute Gasteiger partial charge is 0.511 e. The summed E-state index contributed by atoms with van der Waals surface area (Å²) in [5.41, 5.74) is -0.0510. The maximum Gasteiger partial charge on any atom is 0.511 e. The molecule has 0 aromatic heterocycles. The summed E-state index contributed by atoms with van der Waals surface area (Å²) in [7, 11) is 0. The number of halogens is 1. The van der Waals surface area contributed by atoms with Crippen LogP contribution in [0.25, 0.3) is 0 Å². The highest BCUT2D eigenvalue weighted by Gasteiger charge is 2.15. The molecule has 0 spiro atoms. The Morgan fingerprint density at radius 3 is 2.29 bits per heavy atom. The van der Waals surface area contributed by atoms with Crippen LogP contribution in [-0.2, 0) is 4.29 Å². The maximum absolute atomic E-state index is 11.0. The number of hydrogen-bond acceptors (Lipinski definition) is 4. The molecule has 1 rings (SSSR count). The van der Waals surface area contributed by atoms with Crippen LogP contribution in [0, 0.1) is 0 Å². The molecule has 0 bridgehead atoms. The number of rotatable bonds is 2. The summed E-state index contributed by atoms with van der Waals surface area (Å²) < 4.78 is 8.24. The summed E-state index contributed by atoms with van der Waals surface area (Å²) in [5, 5.41) is 8.34. The molecule has 0 amide bonds.